The maximum Gasteiger partial charge on any atom is 0.262 e. The lowest BCUT2D eigenvalue weighted by molar-refractivity contribution is -0.136. The van der Waals surface area contributed by atoms with E-state index in [1.54, 1.807) is 18.2 Å². The van der Waals surface area contributed by atoms with E-state index in [9.17, 15) is 19.2 Å². The van der Waals surface area contributed by atoms with Gasteiger partial charge < -0.3 is 11.1 Å². The van der Waals surface area contributed by atoms with Crippen molar-refractivity contribution in [2.75, 3.05) is 0 Å². The molecule has 1 aliphatic carbocycles. The number of amides is 4. The highest BCUT2D eigenvalue weighted by molar-refractivity contribution is 6.24. The quantitative estimate of drug-likeness (QED) is 0.621. The Kier molecular flexibility index (Phi) is 3.66. The van der Waals surface area contributed by atoms with Crippen LogP contribution < -0.4 is 16.4 Å². The molecule has 4 rings (SSSR count). The van der Waals surface area contributed by atoms with Gasteiger partial charge in [0.15, 0.2) is 0 Å². The topological polar surface area (TPSA) is 122 Å². The molecule has 1 saturated heterocycles. The summed E-state index contributed by atoms with van der Waals surface area (Å²) in [4.78, 5) is 49.9. The molecule has 1 saturated carbocycles. The van der Waals surface area contributed by atoms with E-state index in [1.807, 2.05) is 0 Å². The SMILES string of the molecule is N[C@@H]1C[C@H]1NCc1cccc2c1C(=O)N(C1CCC(=O)NC1=O)C2=O. The highest BCUT2D eigenvalue weighted by atomic mass is 16.2. The lowest BCUT2D eigenvalue weighted by Gasteiger charge is -2.27. The van der Waals surface area contributed by atoms with Gasteiger partial charge in [-0.15, -0.1) is 0 Å². The number of imide groups is 2. The van der Waals surface area contributed by atoms with Crippen molar-refractivity contribution in [2.24, 2.45) is 5.73 Å². The minimum absolute atomic E-state index is 0.109. The first-order valence-corrected chi connectivity index (χ1v) is 8.30. The molecule has 1 aromatic carbocycles. The predicted octanol–water partition coefficient (Wildman–Crippen LogP) is -0.723. The maximum absolute atomic E-state index is 12.9. The number of rotatable bonds is 4. The van der Waals surface area contributed by atoms with Gasteiger partial charge in [-0.25, -0.2) is 0 Å². The summed E-state index contributed by atoms with van der Waals surface area (Å²) >= 11 is 0. The molecule has 8 nitrogen and oxygen atoms in total. The van der Waals surface area contributed by atoms with Crippen LogP contribution in [0.3, 0.4) is 0 Å². The number of carbonyl (C=O) groups is 4. The van der Waals surface area contributed by atoms with Crippen molar-refractivity contribution in [2.45, 2.75) is 43.9 Å². The van der Waals surface area contributed by atoms with Crippen molar-refractivity contribution in [3.05, 3.63) is 34.9 Å². The second kappa shape index (κ2) is 5.75. The molecule has 1 aromatic rings. The van der Waals surface area contributed by atoms with Crippen LogP contribution in [0.2, 0.25) is 0 Å². The Morgan fingerprint density at radius 2 is 1.96 bits per heavy atom. The van der Waals surface area contributed by atoms with Crippen molar-refractivity contribution in [1.29, 1.82) is 0 Å². The van der Waals surface area contributed by atoms with E-state index < -0.39 is 23.8 Å². The fraction of sp³-hybridized carbons (Fsp3) is 0.412. The lowest BCUT2D eigenvalue weighted by Crippen LogP contribution is -2.54. The zero-order chi connectivity index (χ0) is 17.7. The van der Waals surface area contributed by atoms with E-state index in [2.05, 4.69) is 10.6 Å². The van der Waals surface area contributed by atoms with Gasteiger partial charge in [0.1, 0.15) is 6.04 Å². The molecule has 2 heterocycles. The van der Waals surface area contributed by atoms with Crippen LogP contribution in [0.4, 0.5) is 0 Å². The number of carbonyl (C=O) groups excluding carboxylic acids is 4. The van der Waals surface area contributed by atoms with Gasteiger partial charge in [-0.05, 0) is 24.5 Å². The molecule has 4 N–H and O–H groups in total. The Balaban J connectivity index is 1.61. The zero-order valence-corrected chi connectivity index (χ0v) is 13.5. The number of fused-ring (bicyclic) bond motifs is 1. The Bertz CT molecular complexity index is 806. The van der Waals surface area contributed by atoms with Crippen molar-refractivity contribution >= 4 is 23.6 Å². The first-order chi connectivity index (χ1) is 12.0. The van der Waals surface area contributed by atoms with Crippen LogP contribution >= 0.6 is 0 Å². The van der Waals surface area contributed by atoms with Crippen LogP contribution in [-0.4, -0.2) is 46.7 Å². The number of nitrogens with one attached hydrogen (secondary N) is 2. The van der Waals surface area contributed by atoms with E-state index >= 15 is 0 Å². The number of nitrogens with zero attached hydrogens (tertiary/aromatic N) is 1. The van der Waals surface area contributed by atoms with Crippen LogP contribution in [0.1, 0.15) is 45.5 Å². The monoisotopic (exact) mass is 342 g/mol. The summed E-state index contributed by atoms with van der Waals surface area (Å²) in [6.07, 6.45) is 1.16. The van der Waals surface area contributed by atoms with Gasteiger partial charge >= 0.3 is 0 Å². The summed E-state index contributed by atoms with van der Waals surface area (Å²) in [6.45, 7) is 0.434. The summed E-state index contributed by atoms with van der Waals surface area (Å²) < 4.78 is 0. The van der Waals surface area contributed by atoms with Crippen LogP contribution in [0, 0.1) is 0 Å². The maximum atomic E-state index is 12.9. The number of piperidine rings is 1. The van der Waals surface area contributed by atoms with Crippen LogP contribution in [0.15, 0.2) is 18.2 Å². The molecular formula is C17H18N4O4. The molecule has 0 spiro atoms. The second-order valence-corrected chi connectivity index (χ2v) is 6.67. The molecule has 2 fully saturated rings. The Morgan fingerprint density at radius 1 is 1.20 bits per heavy atom. The van der Waals surface area contributed by atoms with Gasteiger partial charge in [-0.2, -0.15) is 0 Å². The van der Waals surface area contributed by atoms with Gasteiger partial charge in [0.05, 0.1) is 11.1 Å². The van der Waals surface area contributed by atoms with Crippen molar-refractivity contribution in [3.8, 4) is 0 Å². The number of benzene rings is 1. The molecule has 25 heavy (non-hydrogen) atoms. The number of nitrogens with two attached hydrogens (primary N) is 1. The second-order valence-electron chi connectivity index (χ2n) is 6.67. The fourth-order valence-electron chi connectivity index (χ4n) is 3.42. The molecule has 2 aliphatic heterocycles. The Morgan fingerprint density at radius 3 is 2.64 bits per heavy atom. The third-order valence-electron chi connectivity index (χ3n) is 4.95. The normalized spacial score (nSPS) is 28.2. The largest absolute Gasteiger partial charge is 0.326 e. The third kappa shape index (κ3) is 2.63. The molecular weight excluding hydrogens is 324 g/mol. The molecule has 3 atom stereocenters. The van der Waals surface area contributed by atoms with Crippen LogP contribution in [-0.2, 0) is 16.1 Å². The van der Waals surface area contributed by atoms with Gasteiger partial charge in [0.25, 0.3) is 11.8 Å². The standard InChI is InChI=1S/C17H18N4O4/c18-10-6-11(10)19-7-8-2-1-3-9-14(8)17(25)21(16(9)24)12-4-5-13(22)20-15(12)23/h1-3,10-12,19H,4-7,18H2,(H,20,22,23)/t10-,11-,12?/m1/s1. The minimum Gasteiger partial charge on any atom is -0.326 e. The molecule has 0 radical (unpaired) electrons. The average molecular weight is 342 g/mol. The smallest absolute Gasteiger partial charge is 0.262 e. The predicted molar refractivity (Wildman–Crippen MR) is 86.3 cm³/mol. The lowest BCUT2D eigenvalue weighted by atomic mass is 10.0. The first-order valence-electron chi connectivity index (χ1n) is 8.30. The summed E-state index contributed by atoms with van der Waals surface area (Å²) in [5.74, 6) is -1.95. The van der Waals surface area contributed by atoms with Crippen molar-refractivity contribution in [1.82, 2.24) is 15.5 Å². The molecule has 8 heteroatoms. The molecule has 130 valence electrons. The molecule has 0 bridgehead atoms. The molecule has 1 unspecified atom stereocenters. The average Bonchev–Trinajstić information content (AvgIpc) is 3.23. The van der Waals surface area contributed by atoms with E-state index in [0.717, 1.165) is 11.3 Å². The summed E-state index contributed by atoms with van der Waals surface area (Å²) in [6, 6.07) is 4.53. The molecule has 0 aromatic heterocycles. The number of hydrogen-bond donors (Lipinski definition) is 3. The van der Waals surface area contributed by atoms with E-state index in [-0.39, 0.29) is 30.8 Å². The highest BCUT2D eigenvalue weighted by Gasteiger charge is 2.45. The van der Waals surface area contributed by atoms with E-state index in [1.165, 1.54) is 0 Å². The summed E-state index contributed by atoms with van der Waals surface area (Å²) in [7, 11) is 0. The minimum atomic E-state index is -0.942. The summed E-state index contributed by atoms with van der Waals surface area (Å²) in [5.41, 5.74) is 7.12. The van der Waals surface area contributed by atoms with Gasteiger partial charge in [0.2, 0.25) is 11.8 Å². The van der Waals surface area contributed by atoms with Crippen LogP contribution in [0.25, 0.3) is 0 Å². The van der Waals surface area contributed by atoms with Crippen LogP contribution in [0.5, 0.6) is 0 Å². The third-order valence-corrected chi connectivity index (χ3v) is 4.95. The van der Waals surface area contributed by atoms with E-state index in [0.29, 0.717) is 23.2 Å². The highest BCUT2D eigenvalue weighted by Crippen LogP contribution is 2.30. The first kappa shape index (κ1) is 15.9. The van der Waals surface area contributed by atoms with Crippen molar-refractivity contribution < 1.29 is 19.2 Å². The number of hydrogen-bond acceptors (Lipinski definition) is 6. The van der Waals surface area contributed by atoms with Gasteiger partial charge in [-0.1, -0.05) is 12.1 Å². The molecule has 4 amide bonds. The van der Waals surface area contributed by atoms with Crippen molar-refractivity contribution in [3.63, 3.8) is 0 Å². The Hall–Kier alpha value is -2.58. The zero-order valence-electron chi connectivity index (χ0n) is 13.5. The van der Waals surface area contributed by atoms with E-state index in [4.69, 9.17) is 5.73 Å². The Labute approximate surface area is 143 Å². The fourth-order valence-corrected chi connectivity index (χ4v) is 3.42. The van der Waals surface area contributed by atoms with Gasteiger partial charge in [0, 0.05) is 25.0 Å². The molecule has 3 aliphatic rings. The van der Waals surface area contributed by atoms with Gasteiger partial charge in [-0.3, -0.25) is 29.4 Å². The summed E-state index contributed by atoms with van der Waals surface area (Å²) in [5, 5.41) is 5.46.